The van der Waals surface area contributed by atoms with Gasteiger partial charge in [-0.1, -0.05) is 65.5 Å². The van der Waals surface area contributed by atoms with Crippen LogP contribution in [0.15, 0.2) is 261 Å². The molecule has 15 rings (SSSR count). The zero-order valence-electron chi connectivity index (χ0n) is 72.9. The SMILES string of the molecule is C.CB(O)N1CCC(c2ccc(Br)cc2C)C1.COc1ccc(S(=O)(=O)c2ccc(C3CCN(B(C)O)C3)c(C)c2)cc1.COc1ccc(S(=O)(=O)c2ccc(C3CCN(C)C3)c(C)c2)cc1.COc1ccc(S(=O)(=O)c2ccc(C3CCNC3)c(C)c2)cc1.COc1ccc(S)cc1.COc1ccc(Sc2ccc(C3CCN(B(C)O)C3)c(C)c2)cc1.Cl. The molecular weight excluding hydrogens is 1740 g/mol. The number of halogens is 2. The van der Waals surface area contributed by atoms with Gasteiger partial charge in [-0.3, -0.25) is 0 Å². The number of sulfone groups is 3. The summed E-state index contributed by atoms with van der Waals surface area (Å²) in [5.41, 5.74) is 12.2. The molecule has 5 aliphatic rings. The molecule has 0 amide bonds. The van der Waals surface area contributed by atoms with E-state index in [-0.39, 0.29) is 48.6 Å². The van der Waals surface area contributed by atoms with Gasteiger partial charge < -0.3 is 63.4 Å². The van der Waals surface area contributed by atoms with Crippen molar-refractivity contribution in [2.75, 3.05) is 108 Å². The van der Waals surface area contributed by atoms with Crippen LogP contribution in [-0.2, 0) is 29.5 Å². The van der Waals surface area contributed by atoms with Crippen molar-refractivity contribution in [1.29, 1.82) is 0 Å². The second kappa shape index (κ2) is 47.4. The van der Waals surface area contributed by atoms with Crippen molar-refractivity contribution >= 4 is 103 Å². The number of nitrogens with zero attached hydrogens (tertiary/aromatic N) is 4. The fourth-order valence-corrected chi connectivity index (χ4v) is 22.0. The molecule has 5 fully saturated rings. The fraction of sp³-hybridized carbons (Fsp3) is 0.368. The minimum absolute atomic E-state index is 0. The number of aryl methyl sites for hydroxylation is 5. The molecule has 5 aliphatic heterocycles. The average molecular weight is 1870 g/mol. The van der Waals surface area contributed by atoms with Crippen LogP contribution >= 0.6 is 52.7 Å². The number of hydrogen-bond acceptors (Lipinski definition) is 21. The van der Waals surface area contributed by atoms with Crippen LogP contribution in [0.25, 0.3) is 0 Å². The van der Waals surface area contributed by atoms with Crippen LogP contribution in [0.5, 0.6) is 28.7 Å². The Morgan fingerprint density at radius 3 is 0.952 bits per heavy atom. The van der Waals surface area contributed by atoms with Crippen LogP contribution in [0, 0.1) is 34.6 Å². The summed E-state index contributed by atoms with van der Waals surface area (Å²) in [5, 5.41) is 32.4. The third kappa shape index (κ3) is 27.2. The number of methoxy groups -OCH3 is 5. The van der Waals surface area contributed by atoms with E-state index in [0.29, 0.717) is 61.5 Å². The van der Waals surface area contributed by atoms with Gasteiger partial charge in [0, 0.05) is 32.2 Å². The summed E-state index contributed by atoms with van der Waals surface area (Å²) in [6, 6.07) is 64.7. The maximum atomic E-state index is 12.9. The molecule has 10 aromatic rings. The number of nitrogens with one attached hydrogen (secondary N) is 1. The molecule has 0 aromatic heterocycles. The van der Waals surface area contributed by atoms with Crippen LogP contribution < -0.4 is 29.0 Å². The first kappa shape index (κ1) is 102. The highest BCUT2D eigenvalue weighted by atomic mass is 79.9. The van der Waals surface area contributed by atoms with Crippen molar-refractivity contribution < 1.29 is 64.0 Å². The van der Waals surface area contributed by atoms with Crippen molar-refractivity contribution in [2.24, 2.45) is 0 Å². The summed E-state index contributed by atoms with van der Waals surface area (Å²) in [6.07, 6.45) is 5.47. The smallest absolute Gasteiger partial charge is 0.376 e. The molecule has 5 saturated heterocycles. The summed E-state index contributed by atoms with van der Waals surface area (Å²) in [4.78, 5) is 13.9. The predicted octanol–water partition coefficient (Wildman–Crippen LogP) is 18.7. The third-order valence-electron chi connectivity index (χ3n) is 23.5. The average Bonchev–Trinajstić information content (AvgIpc) is 0.934. The minimum atomic E-state index is -3.56. The number of likely N-dealkylation sites (tertiary alicyclic amines) is 1. The Balaban J connectivity index is 0.000000188. The van der Waals surface area contributed by atoms with Crippen LogP contribution in [0.3, 0.4) is 0 Å². The maximum Gasteiger partial charge on any atom is 0.376 e. The molecule has 0 aliphatic carbocycles. The van der Waals surface area contributed by atoms with Crippen molar-refractivity contribution in [1.82, 2.24) is 24.6 Å². The van der Waals surface area contributed by atoms with Crippen molar-refractivity contribution in [2.45, 2.75) is 168 Å². The van der Waals surface area contributed by atoms with Gasteiger partial charge in [-0.25, -0.2) is 25.3 Å². The molecule has 0 radical (unpaired) electrons. The third-order valence-corrected chi connectivity index (χ3v) is 30.6. The van der Waals surface area contributed by atoms with E-state index in [0.717, 1.165) is 141 Å². The van der Waals surface area contributed by atoms with E-state index in [4.69, 9.17) is 23.7 Å². The normalized spacial score (nSPS) is 17.7. The molecule has 0 bridgehead atoms. The van der Waals surface area contributed by atoms with E-state index in [9.17, 15) is 40.3 Å². The lowest BCUT2D eigenvalue weighted by Gasteiger charge is -2.18. The highest BCUT2D eigenvalue weighted by molar-refractivity contribution is 9.10. The standard InChI is InChI=1S/C19H24BNO4S.C19H24BNO2S.C19H23NO3S.C18H21NO3S.C12H17BBrNO.C7H8OS.CH4.ClH/c1-14-12-18(26(23,24)17-6-4-16(25-3)5-7-17)8-9-19(14)15-10-11-21(13-15)20(2)22;1-14-12-18(24-17-6-4-16(23-3)5-7-17)8-9-19(14)15-10-11-21(13-15)20(2)22;1-14-12-18(8-9-19(14)15-10-11-20(2)13-15)24(21,22)17-6-4-16(23-3)5-7-17;1-13-11-17(7-8-18(13)14-9-10-19-12-14)23(20,21)16-5-3-15(22-2)4-6-16;1-9-7-11(14)3-4-12(9)10-5-6-15(8-10)13(2)16;1-8-6-2-4-7(9)5-3-6;;/h4-9,12,15,22H,10-11,13H2,1-3H3;4-9,12,15,22H,10-11,13H2,1-3H3;4-9,12,15H,10-11,13H2,1-3H3;3-8,11,14,19H,9-10,12H2,1-2H3;3-4,7,10,16H,5-6,8H2,1-2H3;2-5,9H,1H3;1H4;1H. The number of benzene rings is 10. The predicted molar refractivity (Wildman–Crippen MR) is 514 cm³/mol. The van der Waals surface area contributed by atoms with Crippen molar-refractivity contribution in [3.63, 3.8) is 0 Å². The van der Waals surface area contributed by atoms with Gasteiger partial charge in [0.1, 0.15) is 28.7 Å². The van der Waals surface area contributed by atoms with E-state index in [1.807, 2.05) is 93.8 Å². The van der Waals surface area contributed by atoms with E-state index in [1.54, 1.807) is 163 Å². The highest BCUT2D eigenvalue weighted by Crippen LogP contribution is 2.39. The Labute approximate surface area is 763 Å². The van der Waals surface area contributed by atoms with Gasteiger partial charge in [-0.05, 0) is 414 Å². The first-order chi connectivity index (χ1) is 58.2. The number of rotatable bonds is 21. The molecule has 5 heterocycles. The Kier molecular flexibility index (Phi) is 39.0. The molecule has 10 aromatic carbocycles. The van der Waals surface area contributed by atoms with Gasteiger partial charge in [0.25, 0.3) is 0 Å². The summed E-state index contributed by atoms with van der Waals surface area (Å²) in [6.45, 7) is 25.4. The van der Waals surface area contributed by atoms with Crippen molar-refractivity contribution in [3.05, 3.63) is 272 Å². The first-order valence-corrected chi connectivity index (χ1v) is 47.9. The number of ether oxygens (including phenoxy) is 5. The van der Waals surface area contributed by atoms with E-state index < -0.39 is 36.6 Å². The number of thiol groups is 1. The van der Waals surface area contributed by atoms with Gasteiger partial charge >= 0.3 is 21.2 Å². The van der Waals surface area contributed by atoms with Crippen LogP contribution in [-0.4, -0.2) is 189 Å². The number of hydrogen-bond donors (Lipinski definition) is 5. The topological polar surface area (TPSA) is 234 Å². The number of likely N-dealkylation sites (N-methyl/N-ethyl adjacent to an activating group) is 1. The first-order valence-electron chi connectivity index (χ1n) is 41.4. The largest absolute Gasteiger partial charge is 0.497 e. The molecule has 5 unspecified atom stereocenters. The molecule has 19 nitrogen and oxygen atoms in total. The second-order valence-electron chi connectivity index (χ2n) is 31.9. The molecule has 5 atom stereocenters. The van der Waals surface area contributed by atoms with Gasteiger partial charge in [-0.2, -0.15) is 0 Å². The molecule has 0 saturated carbocycles. The fourth-order valence-electron chi connectivity index (χ4n) is 16.4. The van der Waals surface area contributed by atoms with Gasteiger partial charge in [0.05, 0.1) is 64.9 Å². The maximum absolute atomic E-state index is 12.9. The van der Waals surface area contributed by atoms with Crippen LogP contribution in [0.2, 0.25) is 20.5 Å². The Bertz CT molecular complexity index is 5440. The van der Waals surface area contributed by atoms with Crippen LogP contribution in [0.4, 0.5) is 0 Å². The monoisotopic (exact) mass is 1860 g/mol. The summed E-state index contributed by atoms with van der Waals surface area (Å²) in [5.74, 6) is 6.06. The molecular formula is C95H122B3BrClN5O14S5. The Morgan fingerprint density at radius 1 is 0.379 bits per heavy atom. The quantitative estimate of drug-likeness (QED) is 0.0332. The minimum Gasteiger partial charge on any atom is -0.497 e. The molecule has 4 N–H and O–H groups in total. The van der Waals surface area contributed by atoms with E-state index >= 15 is 0 Å². The Morgan fingerprint density at radius 2 is 0.661 bits per heavy atom. The molecule has 0 spiro atoms. The lowest BCUT2D eigenvalue weighted by atomic mass is 9.85. The second-order valence-corrected chi connectivity index (χ2v) is 40.3. The molecule has 29 heteroatoms. The summed E-state index contributed by atoms with van der Waals surface area (Å²) >= 11 is 9.38. The van der Waals surface area contributed by atoms with Crippen LogP contribution in [0.1, 0.15) is 125 Å². The zero-order chi connectivity index (χ0) is 88.2. The van der Waals surface area contributed by atoms with E-state index in [1.165, 1.54) is 43.2 Å². The van der Waals surface area contributed by atoms with Gasteiger partial charge in [0.2, 0.25) is 29.5 Å². The van der Waals surface area contributed by atoms with Crippen molar-refractivity contribution in [3.8, 4) is 28.7 Å². The highest BCUT2D eigenvalue weighted by Gasteiger charge is 2.34. The summed E-state index contributed by atoms with van der Waals surface area (Å²) in [7, 11) is -1.55. The molecule has 124 heavy (non-hydrogen) atoms. The van der Waals surface area contributed by atoms with Gasteiger partial charge in [-0.15, -0.1) is 25.0 Å². The lowest BCUT2D eigenvalue weighted by Crippen LogP contribution is -2.34. The zero-order valence-corrected chi connectivity index (χ0v) is 79.5. The van der Waals surface area contributed by atoms with Gasteiger partial charge in [0.15, 0.2) is 0 Å². The van der Waals surface area contributed by atoms with E-state index in [2.05, 4.69) is 118 Å². The Hall–Kier alpha value is -7.61. The lowest BCUT2D eigenvalue weighted by molar-refractivity contribution is 0.411. The summed E-state index contributed by atoms with van der Waals surface area (Å²) < 4.78 is 103. The molecule has 664 valence electrons.